The first-order valence-electron chi connectivity index (χ1n) is 7.48. The molecule has 2 amide bonds. The van der Waals surface area contributed by atoms with Crippen molar-refractivity contribution in [1.29, 1.82) is 0 Å². The number of methoxy groups -OCH3 is 1. The number of anilines is 2. The van der Waals surface area contributed by atoms with Gasteiger partial charge in [0.2, 0.25) is 0 Å². The molecule has 130 valence electrons. The summed E-state index contributed by atoms with van der Waals surface area (Å²) < 4.78 is 5.04. The van der Waals surface area contributed by atoms with Crippen LogP contribution in [0.15, 0.2) is 48.5 Å². The standard InChI is InChI=1S/C17H17N3O5/c1-3-19(12-7-5-4-6-8-12)17(22)16(21)18-14-10-9-13(20(23)24)11-15(14)25-2/h4-11H,3H2,1-2H3,(H,18,21). The average molecular weight is 343 g/mol. The first-order valence-corrected chi connectivity index (χ1v) is 7.48. The van der Waals surface area contributed by atoms with Crippen LogP contribution in [0.2, 0.25) is 0 Å². The Labute approximate surface area is 144 Å². The van der Waals surface area contributed by atoms with Crippen LogP contribution in [0.5, 0.6) is 5.75 Å². The number of rotatable bonds is 5. The Bertz CT molecular complexity index is 792. The molecule has 0 heterocycles. The summed E-state index contributed by atoms with van der Waals surface area (Å²) in [6.07, 6.45) is 0. The molecule has 2 aromatic carbocycles. The third kappa shape index (κ3) is 4.11. The number of hydrogen-bond donors (Lipinski definition) is 1. The van der Waals surface area contributed by atoms with Crippen LogP contribution < -0.4 is 15.0 Å². The van der Waals surface area contributed by atoms with Crippen molar-refractivity contribution in [2.75, 3.05) is 23.9 Å². The van der Waals surface area contributed by atoms with Gasteiger partial charge in [0.1, 0.15) is 5.75 Å². The third-order valence-corrected chi connectivity index (χ3v) is 3.47. The molecule has 0 aliphatic carbocycles. The van der Waals surface area contributed by atoms with E-state index in [-0.39, 0.29) is 17.1 Å². The van der Waals surface area contributed by atoms with E-state index in [1.807, 2.05) is 6.07 Å². The maximum atomic E-state index is 12.4. The van der Waals surface area contributed by atoms with Crippen molar-refractivity contribution in [2.24, 2.45) is 0 Å². The average Bonchev–Trinajstić information content (AvgIpc) is 2.63. The molecule has 0 spiro atoms. The van der Waals surface area contributed by atoms with Crippen LogP contribution in [0.3, 0.4) is 0 Å². The Morgan fingerprint density at radius 2 is 1.88 bits per heavy atom. The number of nitrogens with zero attached hydrogens (tertiary/aromatic N) is 2. The van der Waals surface area contributed by atoms with Crippen LogP contribution in [0, 0.1) is 10.1 Å². The molecule has 0 aliphatic heterocycles. The van der Waals surface area contributed by atoms with Gasteiger partial charge in [0.05, 0.1) is 23.8 Å². The minimum absolute atomic E-state index is 0.0955. The second-order valence-electron chi connectivity index (χ2n) is 4.98. The fourth-order valence-electron chi connectivity index (χ4n) is 2.25. The molecule has 2 rings (SSSR count). The van der Waals surface area contributed by atoms with Crippen LogP contribution in [0.1, 0.15) is 6.92 Å². The van der Waals surface area contributed by atoms with Gasteiger partial charge in [-0.05, 0) is 25.1 Å². The zero-order valence-corrected chi connectivity index (χ0v) is 13.8. The molecule has 0 saturated carbocycles. The number of carbonyl (C=O) groups is 2. The molecule has 0 atom stereocenters. The van der Waals surface area contributed by atoms with Crippen molar-refractivity contribution in [3.63, 3.8) is 0 Å². The molecule has 0 radical (unpaired) electrons. The van der Waals surface area contributed by atoms with E-state index in [0.29, 0.717) is 12.2 Å². The Balaban J connectivity index is 2.21. The second kappa shape index (κ2) is 7.91. The summed E-state index contributed by atoms with van der Waals surface area (Å²) in [7, 11) is 1.32. The van der Waals surface area contributed by atoms with Crippen molar-refractivity contribution >= 4 is 28.9 Å². The number of para-hydroxylation sites is 1. The highest BCUT2D eigenvalue weighted by atomic mass is 16.6. The van der Waals surface area contributed by atoms with E-state index in [2.05, 4.69) is 5.32 Å². The van der Waals surface area contributed by atoms with Gasteiger partial charge in [-0.25, -0.2) is 0 Å². The van der Waals surface area contributed by atoms with E-state index < -0.39 is 16.7 Å². The van der Waals surface area contributed by atoms with Gasteiger partial charge in [0, 0.05) is 18.3 Å². The maximum Gasteiger partial charge on any atom is 0.316 e. The molecular weight excluding hydrogens is 326 g/mol. The van der Waals surface area contributed by atoms with Crippen LogP contribution in [0.4, 0.5) is 17.1 Å². The quantitative estimate of drug-likeness (QED) is 0.511. The zero-order chi connectivity index (χ0) is 18.4. The van der Waals surface area contributed by atoms with E-state index >= 15 is 0 Å². The topological polar surface area (TPSA) is 102 Å². The molecule has 8 nitrogen and oxygen atoms in total. The SMILES string of the molecule is CCN(C(=O)C(=O)Nc1ccc([N+](=O)[O-])cc1OC)c1ccccc1. The third-order valence-electron chi connectivity index (χ3n) is 3.47. The normalized spacial score (nSPS) is 10.0. The van der Waals surface area contributed by atoms with Gasteiger partial charge in [0.25, 0.3) is 5.69 Å². The number of hydrogen-bond acceptors (Lipinski definition) is 5. The van der Waals surface area contributed by atoms with Crippen molar-refractivity contribution in [3.8, 4) is 5.75 Å². The first-order chi connectivity index (χ1) is 12.0. The predicted molar refractivity (Wildman–Crippen MR) is 92.7 cm³/mol. The van der Waals surface area contributed by atoms with E-state index in [1.54, 1.807) is 31.2 Å². The van der Waals surface area contributed by atoms with Gasteiger partial charge in [-0.15, -0.1) is 0 Å². The van der Waals surface area contributed by atoms with Crippen molar-refractivity contribution < 1.29 is 19.2 Å². The smallest absolute Gasteiger partial charge is 0.316 e. The minimum Gasteiger partial charge on any atom is -0.494 e. The summed E-state index contributed by atoms with van der Waals surface area (Å²) in [6, 6.07) is 12.5. The number of benzene rings is 2. The fourth-order valence-corrected chi connectivity index (χ4v) is 2.25. The first kappa shape index (κ1) is 17.9. The molecule has 1 N–H and O–H groups in total. The number of non-ortho nitro benzene ring substituents is 1. The summed E-state index contributed by atoms with van der Waals surface area (Å²) in [4.78, 5) is 36.2. The van der Waals surface area contributed by atoms with Crippen molar-refractivity contribution in [2.45, 2.75) is 6.92 Å². The van der Waals surface area contributed by atoms with Crippen LogP contribution in [-0.2, 0) is 9.59 Å². The summed E-state index contributed by atoms with van der Waals surface area (Å²) in [6.45, 7) is 2.07. The van der Waals surface area contributed by atoms with Crippen molar-refractivity contribution in [1.82, 2.24) is 0 Å². The summed E-state index contributed by atoms with van der Waals surface area (Å²) in [5.41, 5.74) is 0.594. The number of nitro benzene ring substituents is 1. The molecule has 0 saturated heterocycles. The van der Waals surface area contributed by atoms with Crippen LogP contribution in [0.25, 0.3) is 0 Å². The van der Waals surface area contributed by atoms with Gasteiger partial charge in [-0.1, -0.05) is 18.2 Å². The van der Waals surface area contributed by atoms with Gasteiger partial charge in [0.15, 0.2) is 0 Å². The molecule has 2 aromatic rings. The van der Waals surface area contributed by atoms with Gasteiger partial charge in [-0.2, -0.15) is 0 Å². The monoisotopic (exact) mass is 343 g/mol. The van der Waals surface area contributed by atoms with Gasteiger partial charge >= 0.3 is 11.8 Å². The lowest BCUT2D eigenvalue weighted by Crippen LogP contribution is -2.39. The van der Waals surface area contributed by atoms with Crippen LogP contribution in [-0.4, -0.2) is 30.4 Å². The van der Waals surface area contributed by atoms with Crippen LogP contribution >= 0.6 is 0 Å². The van der Waals surface area contributed by atoms with Gasteiger partial charge in [-0.3, -0.25) is 19.7 Å². The Morgan fingerprint density at radius 3 is 2.44 bits per heavy atom. The fraction of sp³-hybridized carbons (Fsp3) is 0.176. The van der Waals surface area contributed by atoms with Crippen molar-refractivity contribution in [3.05, 3.63) is 58.6 Å². The zero-order valence-electron chi connectivity index (χ0n) is 13.8. The Morgan fingerprint density at radius 1 is 1.20 bits per heavy atom. The molecule has 25 heavy (non-hydrogen) atoms. The lowest BCUT2D eigenvalue weighted by Gasteiger charge is -2.20. The highest BCUT2D eigenvalue weighted by Gasteiger charge is 2.23. The number of likely N-dealkylation sites (N-methyl/N-ethyl adjacent to an activating group) is 1. The van der Waals surface area contributed by atoms with E-state index in [1.165, 1.54) is 30.2 Å². The Kier molecular flexibility index (Phi) is 5.67. The summed E-state index contributed by atoms with van der Waals surface area (Å²) in [5, 5.41) is 13.2. The molecule has 0 aromatic heterocycles. The molecule has 0 bridgehead atoms. The molecule has 0 unspecified atom stereocenters. The number of ether oxygens (including phenoxy) is 1. The number of nitrogens with one attached hydrogen (secondary N) is 1. The summed E-state index contributed by atoms with van der Waals surface area (Å²) >= 11 is 0. The molecule has 0 fully saturated rings. The molecule has 8 heteroatoms. The van der Waals surface area contributed by atoms with E-state index in [9.17, 15) is 19.7 Å². The number of nitro groups is 1. The Hall–Kier alpha value is -3.42. The highest BCUT2D eigenvalue weighted by molar-refractivity contribution is 6.44. The number of amides is 2. The lowest BCUT2D eigenvalue weighted by atomic mass is 10.2. The maximum absolute atomic E-state index is 12.4. The summed E-state index contributed by atoms with van der Waals surface area (Å²) in [5.74, 6) is -1.51. The van der Waals surface area contributed by atoms with E-state index in [4.69, 9.17) is 4.74 Å². The lowest BCUT2D eigenvalue weighted by molar-refractivity contribution is -0.384. The number of carbonyl (C=O) groups excluding carboxylic acids is 2. The largest absolute Gasteiger partial charge is 0.494 e. The molecule has 0 aliphatic rings. The second-order valence-corrected chi connectivity index (χ2v) is 4.98. The van der Waals surface area contributed by atoms with Gasteiger partial charge < -0.3 is 15.0 Å². The molecular formula is C17H17N3O5. The minimum atomic E-state index is -0.863. The highest BCUT2D eigenvalue weighted by Crippen LogP contribution is 2.29. The predicted octanol–water partition coefficient (Wildman–Crippen LogP) is 2.60. The van der Waals surface area contributed by atoms with E-state index in [0.717, 1.165) is 0 Å².